The highest BCUT2D eigenvalue weighted by Gasteiger charge is 2.07. The molecule has 3 N–H and O–H groups in total. The van der Waals surface area contributed by atoms with E-state index in [1.54, 1.807) is 6.08 Å². The van der Waals surface area contributed by atoms with E-state index in [4.69, 9.17) is 5.14 Å². The molecule has 5 nitrogen and oxygen atoms in total. The molecule has 23 heavy (non-hydrogen) atoms. The van der Waals surface area contributed by atoms with Crippen LogP contribution in [0.2, 0.25) is 0 Å². The standard InChI is InChI=1S/C17H18N2O3S/c1-12-3-4-14(13(2)11-12)5-10-17(20)19-15-6-8-16(9-7-15)23(18,21)22/h3-11H,1-2H3,(H,19,20)(H2,18,21,22)/b10-5+. The molecule has 0 bridgehead atoms. The van der Waals surface area contributed by atoms with Crippen LogP contribution in [-0.2, 0) is 14.8 Å². The number of anilines is 1. The van der Waals surface area contributed by atoms with Crippen LogP contribution in [-0.4, -0.2) is 14.3 Å². The Morgan fingerprint density at radius 2 is 1.74 bits per heavy atom. The highest BCUT2D eigenvalue weighted by Crippen LogP contribution is 2.14. The first-order chi connectivity index (χ1) is 10.8. The van der Waals surface area contributed by atoms with Gasteiger partial charge in [-0.1, -0.05) is 23.8 Å². The van der Waals surface area contributed by atoms with Gasteiger partial charge in [-0.25, -0.2) is 13.6 Å². The smallest absolute Gasteiger partial charge is 0.248 e. The summed E-state index contributed by atoms with van der Waals surface area (Å²) in [7, 11) is -3.73. The molecular weight excluding hydrogens is 312 g/mol. The van der Waals surface area contributed by atoms with Crippen LogP contribution in [0.4, 0.5) is 5.69 Å². The van der Waals surface area contributed by atoms with Gasteiger partial charge in [-0.05, 0) is 55.3 Å². The zero-order valence-electron chi connectivity index (χ0n) is 12.9. The van der Waals surface area contributed by atoms with Crippen LogP contribution in [0.25, 0.3) is 6.08 Å². The molecule has 1 amide bonds. The first kappa shape index (κ1) is 16.9. The molecule has 2 aromatic rings. The molecule has 6 heteroatoms. The third-order valence-electron chi connectivity index (χ3n) is 3.29. The lowest BCUT2D eigenvalue weighted by Gasteiger charge is -2.04. The summed E-state index contributed by atoms with van der Waals surface area (Å²) in [4.78, 5) is 11.9. The average molecular weight is 330 g/mol. The van der Waals surface area contributed by atoms with Crippen LogP contribution in [0, 0.1) is 13.8 Å². The Kier molecular flexibility index (Phi) is 4.98. The Labute approximate surface area is 135 Å². The molecule has 2 rings (SSSR count). The van der Waals surface area contributed by atoms with E-state index in [1.807, 2.05) is 32.0 Å². The third kappa shape index (κ3) is 4.77. The fraction of sp³-hybridized carbons (Fsp3) is 0.118. The second-order valence-electron chi connectivity index (χ2n) is 5.25. The molecule has 0 radical (unpaired) electrons. The number of rotatable bonds is 4. The van der Waals surface area contributed by atoms with Gasteiger partial charge in [0.05, 0.1) is 4.90 Å². The van der Waals surface area contributed by atoms with Crippen molar-refractivity contribution in [1.82, 2.24) is 0 Å². The van der Waals surface area contributed by atoms with Crippen molar-refractivity contribution in [3.05, 3.63) is 65.2 Å². The molecule has 0 unspecified atom stereocenters. The van der Waals surface area contributed by atoms with Crippen molar-refractivity contribution in [2.75, 3.05) is 5.32 Å². The predicted molar refractivity (Wildman–Crippen MR) is 91.4 cm³/mol. The molecule has 0 aromatic heterocycles. The highest BCUT2D eigenvalue weighted by atomic mass is 32.2. The van der Waals surface area contributed by atoms with Crippen molar-refractivity contribution in [1.29, 1.82) is 0 Å². The van der Waals surface area contributed by atoms with Crippen molar-refractivity contribution in [2.24, 2.45) is 5.14 Å². The molecule has 2 aromatic carbocycles. The second kappa shape index (κ2) is 6.76. The van der Waals surface area contributed by atoms with Gasteiger partial charge in [-0.2, -0.15) is 0 Å². The normalized spacial score (nSPS) is 11.6. The molecule has 0 aliphatic heterocycles. The summed E-state index contributed by atoms with van der Waals surface area (Å²) in [6.45, 7) is 4.00. The van der Waals surface area contributed by atoms with Gasteiger partial charge in [-0.15, -0.1) is 0 Å². The Balaban J connectivity index is 2.06. The number of hydrogen-bond acceptors (Lipinski definition) is 3. The lowest BCUT2D eigenvalue weighted by molar-refractivity contribution is -0.111. The molecule has 0 saturated carbocycles. The van der Waals surface area contributed by atoms with Gasteiger partial charge in [0.2, 0.25) is 15.9 Å². The van der Waals surface area contributed by atoms with Crippen LogP contribution in [0.1, 0.15) is 16.7 Å². The van der Waals surface area contributed by atoms with E-state index >= 15 is 0 Å². The van der Waals surface area contributed by atoms with Crippen LogP contribution >= 0.6 is 0 Å². The zero-order chi connectivity index (χ0) is 17.0. The van der Waals surface area contributed by atoms with E-state index in [-0.39, 0.29) is 10.8 Å². The van der Waals surface area contributed by atoms with E-state index in [1.165, 1.54) is 35.9 Å². The number of sulfonamides is 1. The summed E-state index contributed by atoms with van der Waals surface area (Å²) in [6, 6.07) is 11.7. The van der Waals surface area contributed by atoms with Gasteiger partial charge in [0, 0.05) is 11.8 Å². The number of primary sulfonamides is 1. The van der Waals surface area contributed by atoms with Crippen molar-refractivity contribution >= 4 is 27.7 Å². The molecule has 0 aliphatic carbocycles. The second-order valence-corrected chi connectivity index (χ2v) is 6.81. The summed E-state index contributed by atoms with van der Waals surface area (Å²) in [5.41, 5.74) is 3.72. The Bertz CT molecular complexity index is 854. The van der Waals surface area contributed by atoms with E-state index in [0.29, 0.717) is 5.69 Å². The fourth-order valence-corrected chi connectivity index (χ4v) is 2.61. The first-order valence-electron chi connectivity index (χ1n) is 6.95. The number of aryl methyl sites for hydroxylation is 2. The molecule has 0 aliphatic rings. The summed E-state index contributed by atoms with van der Waals surface area (Å²) in [6.07, 6.45) is 3.17. The van der Waals surface area contributed by atoms with Crippen LogP contribution in [0.3, 0.4) is 0 Å². The highest BCUT2D eigenvalue weighted by molar-refractivity contribution is 7.89. The number of hydrogen-bond donors (Lipinski definition) is 2. The Morgan fingerprint density at radius 1 is 1.09 bits per heavy atom. The fourth-order valence-electron chi connectivity index (χ4n) is 2.09. The van der Waals surface area contributed by atoms with E-state index < -0.39 is 10.0 Å². The van der Waals surface area contributed by atoms with Gasteiger partial charge < -0.3 is 5.32 Å². The maximum atomic E-state index is 11.9. The zero-order valence-corrected chi connectivity index (χ0v) is 13.7. The van der Waals surface area contributed by atoms with Crippen LogP contribution in [0.5, 0.6) is 0 Å². The maximum absolute atomic E-state index is 11.9. The monoisotopic (exact) mass is 330 g/mol. The number of nitrogens with one attached hydrogen (secondary N) is 1. The number of carbonyl (C=O) groups excluding carboxylic acids is 1. The van der Waals surface area contributed by atoms with Crippen molar-refractivity contribution < 1.29 is 13.2 Å². The minimum Gasteiger partial charge on any atom is -0.323 e. The SMILES string of the molecule is Cc1ccc(/C=C/C(=O)Nc2ccc(S(N)(=O)=O)cc2)c(C)c1. The topological polar surface area (TPSA) is 89.3 Å². The van der Waals surface area contributed by atoms with Gasteiger partial charge >= 0.3 is 0 Å². The van der Waals surface area contributed by atoms with E-state index in [9.17, 15) is 13.2 Å². The molecule has 120 valence electrons. The number of amides is 1. The Morgan fingerprint density at radius 3 is 2.30 bits per heavy atom. The summed E-state index contributed by atoms with van der Waals surface area (Å²) in [5.74, 6) is -0.298. The minimum atomic E-state index is -3.73. The van der Waals surface area contributed by atoms with Crippen LogP contribution in [0.15, 0.2) is 53.4 Å². The van der Waals surface area contributed by atoms with Crippen molar-refractivity contribution in [2.45, 2.75) is 18.7 Å². The lowest BCUT2D eigenvalue weighted by atomic mass is 10.1. The third-order valence-corrected chi connectivity index (χ3v) is 4.22. The predicted octanol–water partition coefficient (Wildman–Crippen LogP) is 2.60. The summed E-state index contributed by atoms with van der Waals surface area (Å²) in [5, 5.41) is 7.68. The molecule has 0 atom stereocenters. The van der Waals surface area contributed by atoms with Crippen molar-refractivity contribution in [3.8, 4) is 0 Å². The van der Waals surface area contributed by atoms with Crippen LogP contribution < -0.4 is 10.5 Å². The summed E-state index contributed by atoms with van der Waals surface area (Å²) < 4.78 is 22.3. The maximum Gasteiger partial charge on any atom is 0.248 e. The quantitative estimate of drug-likeness (QED) is 0.844. The first-order valence-corrected chi connectivity index (χ1v) is 8.49. The largest absolute Gasteiger partial charge is 0.323 e. The minimum absolute atomic E-state index is 0.00122. The van der Waals surface area contributed by atoms with Gasteiger partial charge in [-0.3, -0.25) is 4.79 Å². The molecular formula is C17H18N2O3S. The molecule has 0 spiro atoms. The number of carbonyl (C=O) groups is 1. The Hall–Kier alpha value is -2.44. The molecule has 0 heterocycles. The molecule has 0 saturated heterocycles. The lowest BCUT2D eigenvalue weighted by Crippen LogP contribution is -2.12. The van der Waals surface area contributed by atoms with Crippen molar-refractivity contribution in [3.63, 3.8) is 0 Å². The van der Waals surface area contributed by atoms with E-state index in [2.05, 4.69) is 5.32 Å². The molecule has 0 fully saturated rings. The number of benzene rings is 2. The summed E-state index contributed by atoms with van der Waals surface area (Å²) >= 11 is 0. The number of nitrogens with two attached hydrogens (primary N) is 1. The average Bonchev–Trinajstić information content (AvgIpc) is 2.46. The van der Waals surface area contributed by atoms with Gasteiger partial charge in [0.1, 0.15) is 0 Å². The van der Waals surface area contributed by atoms with Gasteiger partial charge in [0.15, 0.2) is 0 Å². The van der Waals surface area contributed by atoms with E-state index in [0.717, 1.165) is 11.1 Å². The van der Waals surface area contributed by atoms with Gasteiger partial charge in [0.25, 0.3) is 0 Å².